The second-order valence-electron chi connectivity index (χ2n) is 10.2. The lowest BCUT2D eigenvalue weighted by atomic mass is 9.77. The van der Waals surface area contributed by atoms with E-state index in [4.69, 9.17) is 9.73 Å². The smallest absolute Gasteiger partial charge is 0.228 e. The van der Waals surface area contributed by atoms with Gasteiger partial charge >= 0.3 is 0 Å². The van der Waals surface area contributed by atoms with Gasteiger partial charge in [0, 0.05) is 23.7 Å². The third-order valence-electron chi connectivity index (χ3n) is 7.86. The molecule has 0 aliphatic carbocycles. The van der Waals surface area contributed by atoms with Crippen LogP contribution >= 0.6 is 0 Å². The molecule has 4 aromatic rings. The van der Waals surface area contributed by atoms with E-state index in [-0.39, 0.29) is 11.3 Å². The Morgan fingerprint density at radius 2 is 1.55 bits per heavy atom. The highest BCUT2D eigenvalue weighted by Gasteiger charge is 2.58. The predicted molar refractivity (Wildman–Crippen MR) is 143 cm³/mol. The quantitative estimate of drug-likeness (QED) is 0.0849. The minimum atomic E-state index is -2.30. The van der Waals surface area contributed by atoms with Crippen LogP contribution in [0.5, 0.6) is 5.75 Å². The Morgan fingerprint density at radius 3 is 2.23 bits per heavy atom. The first-order valence-electron chi connectivity index (χ1n) is 12.3. The van der Waals surface area contributed by atoms with Gasteiger partial charge in [0.1, 0.15) is 5.69 Å². The van der Waals surface area contributed by atoms with Crippen LogP contribution in [0.3, 0.4) is 0 Å². The SMILES string of the molecule is CN1c2ccccc2C(C)(C)C12C=Nc1c(c(C=C(C#N)c3c(F)c(F)c(F)c(F)c3F)cc3ccccc13)O2. The summed E-state index contributed by atoms with van der Waals surface area (Å²) in [4.78, 5) is 6.74. The van der Waals surface area contributed by atoms with Crippen LogP contribution in [-0.2, 0) is 5.41 Å². The molecule has 4 aromatic carbocycles. The number of hydrogen-bond donors (Lipinski definition) is 0. The van der Waals surface area contributed by atoms with Crippen molar-refractivity contribution in [3.63, 3.8) is 0 Å². The Morgan fingerprint density at radius 1 is 0.925 bits per heavy atom. The van der Waals surface area contributed by atoms with E-state index < -0.39 is 51.4 Å². The molecule has 2 aliphatic heterocycles. The minimum absolute atomic E-state index is 0.186. The Labute approximate surface area is 226 Å². The molecule has 0 fully saturated rings. The van der Waals surface area contributed by atoms with Gasteiger partial charge in [-0.2, -0.15) is 5.26 Å². The third-order valence-corrected chi connectivity index (χ3v) is 7.86. The molecular formula is C31H20F5N3O. The van der Waals surface area contributed by atoms with Gasteiger partial charge in [-0.25, -0.2) is 22.0 Å². The van der Waals surface area contributed by atoms with Gasteiger partial charge in [0.15, 0.2) is 29.0 Å². The first kappa shape index (κ1) is 25.6. The van der Waals surface area contributed by atoms with E-state index in [1.165, 1.54) is 0 Å². The van der Waals surface area contributed by atoms with E-state index in [1.807, 2.05) is 62.2 Å². The summed E-state index contributed by atoms with van der Waals surface area (Å²) >= 11 is 0. The molecule has 0 aromatic heterocycles. The molecule has 0 N–H and O–H groups in total. The molecule has 200 valence electrons. The van der Waals surface area contributed by atoms with Gasteiger partial charge in [0.25, 0.3) is 0 Å². The number of rotatable bonds is 2. The summed E-state index contributed by atoms with van der Waals surface area (Å²) in [5.74, 6) is -10.6. The number of nitrogens with zero attached hydrogens (tertiary/aromatic N) is 3. The molecule has 1 unspecified atom stereocenters. The monoisotopic (exact) mass is 545 g/mol. The number of anilines is 1. The van der Waals surface area contributed by atoms with Crippen molar-refractivity contribution in [2.45, 2.75) is 25.0 Å². The summed E-state index contributed by atoms with van der Waals surface area (Å²) in [5, 5.41) is 11.2. The zero-order valence-electron chi connectivity index (χ0n) is 21.5. The number of likely N-dealkylation sites (N-methyl/N-ethyl adjacent to an activating group) is 1. The van der Waals surface area contributed by atoms with Crippen molar-refractivity contribution in [2.75, 3.05) is 11.9 Å². The molecule has 2 heterocycles. The van der Waals surface area contributed by atoms with Gasteiger partial charge in [0.2, 0.25) is 11.5 Å². The fourth-order valence-corrected chi connectivity index (χ4v) is 5.69. The highest BCUT2D eigenvalue weighted by atomic mass is 19.2. The number of halogens is 5. The van der Waals surface area contributed by atoms with Crippen molar-refractivity contribution in [1.29, 1.82) is 5.26 Å². The first-order valence-corrected chi connectivity index (χ1v) is 12.3. The molecule has 4 nitrogen and oxygen atoms in total. The number of nitriles is 1. The highest BCUT2D eigenvalue weighted by Crippen LogP contribution is 2.55. The summed E-state index contributed by atoms with van der Waals surface area (Å²) in [6.07, 6.45) is 2.78. The summed E-state index contributed by atoms with van der Waals surface area (Å²) in [7, 11) is 1.86. The summed E-state index contributed by atoms with van der Waals surface area (Å²) in [6.45, 7) is 4.00. The van der Waals surface area contributed by atoms with Crippen LogP contribution in [-0.4, -0.2) is 19.0 Å². The lowest BCUT2D eigenvalue weighted by Gasteiger charge is -2.45. The van der Waals surface area contributed by atoms with Crippen molar-refractivity contribution in [3.05, 3.63) is 100 Å². The van der Waals surface area contributed by atoms with E-state index in [9.17, 15) is 27.2 Å². The molecule has 1 spiro atoms. The number of ether oxygens (including phenoxy) is 1. The normalized spacial score (nSPS) is 19.0. The molecular weight excluding hydrogens is 525 g/mol. The number of hydrogen-bond acceptors (Lipinski definition) is 4. The number of benzene rings is 4. The second kappa shape index (κ2) is 8.65. The van der Waals surface area contributed by atoms with Gasteiger partial charge in [-0.3, -0.25) is 4.99 Å². The van der Waals surface area contributed by atoms with Crippen LogP contribution in [0.4, 0.5) is 33.3 Å². The van der Waals surface area contributed by atoms with E-state index in [1.54, 1.807) is 30.5 Å². The van der Waals surface area contributed by atoms with Crippen LogP contribution in [0.25, 0.3) is 22.4 Å². The Hall–Kier alpha value is -4.71. The lowest BCUT2D eigenvalue weighted by Crippen LogP contribution is -2.61. The van der Waals surface area contributed by atoms with Gasteiger partial charge < -0.3 is 9.64 Å². The third kappa shape index (κ3) is 3.25. The largest absolute Gasteiger partial charge is 0.459 e. The maximum atomic E-state index is 14.7. The van der Waals surface area contributed by atoms with Crippen molar-refractivity contribution in [2.24, 2.45) is 4.99 Å². The Bertz CT molecular complexity index is 1830. The van der Waals surface area contributed by atoms with Crippen molar-refractivity contribution >= 4 is 40.0 Å². The van der Waals surface area contributed by atoms with Crippen molar-refractivity contribution < 1.29 is 26.7 Å². The zero-order chi connectivity index (χ0) is 28.6. The molecule has 2 aliphatic rings. The zero-order valence-corrected chi connectivity index (χ0v) is 21.5. The predicted octanol–water partition coefficient (Wildman–Crippen LogP) is 7.82. The maximum absolute atomic E-state index is 14.7. The Kier molecular flexibility index (Phi) is 5.53. The van der Waals surface area contributed by atoms with Crippen LogP contribution in [0, 0.1) is 40.4 Å². The first-order chi connectivity index (χ1) is 19.0. The summed E-state index contributed by atoms with van der Waals surface area (Å²) < 4.78 is 78.0. The molecule has 40 heavy (non-hydrogen) atoms. The van der Waals surface area contributed by atoms with Gasteiger partial charge in [0.05, 0.1) is 28.8 Å². The summed E-state index contributed by atoms with van der Waals surface area (Å²) in [5.41, 5.74) is -1.34. The average Bonchev–Trinajstić information content (AvgIpc) is 3.12. The molecule has 1 atom stereocenters. The standard InChI is InChI=1S/C31H20F5N3O/c1-30(2)20-10-6-7-11-21(20)39(3)31(30)15-38-28-19-9-5-4-8-16(19)12-17(29(28)40-31)13-18(14-37)22-23(32)25(34)27(36)26(35)24(22)33/h4-13,15H,1-3H3. The number of para-hydroxylation sites is 1. The molecule has 9 heteroatoms. The number of allylic oxidation sites excluding steroid dienone is 1. The highest BCUT2D eigenvalue weighted by molar-refractivity contribution is 6.04. The van der Waals surface area contributed by atoms with Crippen molar-refractivity contribution in [1.82, 2.24) is 0 Å². The summed E-state index contributed by atoms with van der Waals surface area (Å²) in [6, 6.07) is 18.2. The van der Waals surface area contributed by atoms with Crippen LogP contribution in [0.1, 0.15) is 30.5 Å². The average molecular weight is 546 g/mol. The maximum Gasteiger partial charge on any atom is 0.228 e. The molecule has 0 saturated heterocycles. The minimum Gasteiger partial charge on any atom is -0.459 e. The van der Waals surface area contributed by atoms with E-state index in [0.717, 1.165) is 17.3 Å². The molecule has 6 rings (SSSR count). The van der Waals surface area contributed by atoms with Gasteiger partial charge in [-0.1, -0.05) is 42.5 Å². The fourth-order valence-electron chi connectivity index (χ4n) is 5.69. The molecule has 0 radical (unpaired) electrons. The van der Waals surface area contributed by atoms with Crippen LogP contribution < -0.4 is 9.64 Å². The number of fused-ring (bicyclic) bond motifs is 4. The van der Waals surface area contributed by atoms with Gasteiger partial charge in [-0.15, -0.1) is 0 Å². The Balaban J connectivity index is 1.61. The topological polar surface area (TPSA) is 48.6 Å². The van der Waals surface area contributed by atoms with Gasteiger partial charge in [-0.05, 0) is 43.0 Å². The van der Waals surface area contributed by atoms with Crippen LogP contribution in [0.2, 0.25) is 0 Å². The molecule has 0 saturated carbocycles. The van der Waals surface area contributed by atoms with E-state index in [2.05, 4.69) is 0 Å². The van der Waals surface area contributed by atoms with E-state index >= 15 is 0 Å². The van der Waals surface area contributed by atoms with E-state index in [0.29, 0.717) is 16.5 Å². The molecule has 0 amide bonds. The van der Waals surface area contributed by atoms with Crippen molar-refractivity contribution in [3.8, 4) is 11.8 Å². The molecule has 0 bridgehead atoms. The fraction of sp³-hybridized carbons (Fsp3) is 0.161. The lowest BCUT2D eigenvalue weighted by molar-refractivity contribution is 0.0824. The number of aliphatic imine (C=N–C) groups is 1. The second-order valence-corrected chi connectivity index (χ2v) is 10.2. The van der Waals surface area contributed by atoms with Crippen LogP contribution in [0.15, 0.2) is 59.6 Å².